The molecule has 2 heteroatoms. The smallest absolute Gasteiger partial charge is 0.0281 e. The van der Waals surface area contributed by atoms with Crippen LogP contribution in [0.1, 0.15) is 72.1 Å². The molecule has 0 aromatic rings. The summed E-state index contributed by atoms with van der Waals surface area (Å²) < 4.78 is 0.543. The first-order valence-electron chi connectivity index (χ1n) is 7.94. The standard InChI is InChI=1S/C16H33NS/c1-5-14(3)12-15(6-2)17-13-16(18-4)10-8-7-9-11-16/h14-15,17H,5-13H2,1-4H3. The molecule has 0 bridgehead atoms. The molecule has 0 aromatic carbocycles. The normalized spacial score (nSPS) is 22.7. The summed E-state index contributed by atoms with van der Waals surface area (Å²) in [4.78, 5) is 0. The van der Waals surface area contributed by atoms with Crippen molar-refractivity contribution in [3.63, 3.8) is 0 Å². The molecule has 0 radical (unpaired) electrons. The van der Waals surface area contributed by atoms with Crippen molar-refractivity contribution >= 4 is 11.8 Å². The average Bonchev–Trinajstić information content (AvgIpc) is 2.44. The fourth-order valence-corrected chi connectivity index (χ4v) is 3.95. The van der Waals surface area contributed by atoms with E-state index in [0.717, 1.165) is 12.0 Å². The third-order valence-corrected chi connectivity index (χ3v) is 6.21. The first kappa shape index (κ1) is 16.4. The Morgan fingerprint density at radius 1 is 1.11 bits per heavy atom. The minimum absolute atomic E-state index is 0.543. The number of rotatable bonds is 8. The summed E-state index contributed by atoms with van der Waals surface area (Å²) in [6.45, 7) is 8.24. The van der Waals surface area contributed by atoms with Gasteiger partial charge >= 0.3 is 0 Å². The van der Waals surface area contributed by atoms with Crippen LogP contribution in [-0.2, 0) is 0 Å². The fraction of sp³-hybridized carbons (Fsp3) is 1.00. The summed E-state index contributed by atoms with van der Waals surface area (Å²) in [5, 5.41) is 3.88. The summed E-state index contributed by atoms with van der Waals surface area (Å²) in [6.07, 6.45) is 13.4. The van der Waals surface area contributed by atoms with Crippen LogP contribution in [0.15, 0.2) is 0 Å². The minimum atomic E-state index is 0.543. The molecular formula is C16H33NS. The second-order valence-corrected chi connectivity index (χ2v) is 7.46. The van der Waals surface area contributed by atoms with Crippen molar-refractivity contribution < 1.29 is 0 Å². The molecule has 108 valence electrons. The van der Waals surface area contributed by atoms with Gasteiger partial charge in [0.05, 0.1) is 0 Å². The Labute approximate surface area is 119 Å². The molecular weight excluding hydrogens is 238 g/mol. The van der Waals surface area contributed by atoms with Crippen LogP contribution in [-0.4, -0.2) is 23.6 Å². The predicted octanol–water partition coefficient (Wildman–Crippen LogP) is 4.86. The van der Waals surface area contributed by atoms with Crippen LogP contribution in [0.3, 0.4) is 0 Å². The van der Waals surface area contributed by atoms with E-state index in [1.54, 1.807) is 0 Å². The van der Waals surface area contributed by atoms with Gasteiger partial charge in [0.2, 0.25) is 0 Å². The average molecular weight is 272 g/mol. The zero-order valence-corrected chi connectivity index (χ0v) is 13.7. The van der Waals surface area contributed by atoms with Crippen LogP contribution in [0.2, 0.25) is 0 Å². The first-order chi connectivity index (χ1) is 8.65. The van der Waals surface area contributed by atoms with Gasteiger partial charge in [-0.15, -0.1) is 0 Å². The highest BCUT2D eigenvalue weighted by atomic mass is 32.2. The van der Waals surface area contributed by atoms with E-state index in [-0.39, 0.29) is 0 Å². The molecule has 1 rings (SSSR count). The topological polar surface area (TPSA) is 12.0 Å². The third-order valence-electron chi connectivity index (χ3n) is 4.79. The van der Waals surface area contributed by atoms with Crippen molar-refractivity contribution in [2.75, 3.05) is 12.8 Å². The molecule has 1 nitrogen and oxygen atoms in total. The Hall–Kier alpha value is 0.310. The van der Waals surface area contributed by atoms with Gasteiger partial charge in [-0.25, -0.2) is 0 Å². The first-order valence-corrected chi connectivity index (χ1v) is 9.16. The van der Waals surface area contributed by atoms with E-state index in [1.807, 2.05) is 0 Å². The van der Waals surface area contributed by atoms with Crippen molar-refractivity contribution in [3.8, 4) is 0 Å². The maximum absolute atomic E-state index is 3.88. The molecule has 2 unspecified atom stereocenters. The molecule has 1 aliphatic carbocycles. The van der Waals surface area contributed by atoms with Crippen molar-refractivity contribution in [3.05, 3.63) is 0 Å². The number of hydrogen-bond acceptors (Lipinski definition) is 2. The van der Waals surface area contributed by atoms with Gasteiger partial charge in [-0.2, -0.15) is 11.8 Å². The lowest BCUT2D eigenvalue weighted by Crippen LogP contribution is -2.43. The number of hydrogen-bond donors (Lipinski definition) is 1. The number of thioether (sulfide) groups is 1. The van der Waals surface area contributed by atoms with Crippen LogP contribution < -0.4 is 5.32 Å². The van der Waals surface area contributed by atoms with Crippen molar-refractivity contribution in [1.82, 2.24) is 5.32 Å². The monoisotopic (exact) mass is 271 g/mol. The van der Waals surface area contributed by atoms with Gasteiger partial charge in [-0.1, -0.05) is 46.5 Å². The number of nitrogens with one attached hydrogen (secondary N) is 1. The zero-order chi connectivity index (χ0) is 13.4. The van der Waals surface area contributed by atoms with E-state index in [9.17, 15) is 0 Å². The van der Waals surface area contributed by atoms with Gasteiger partial charge in [0.25, 0.3) is 0 Å². The largest absolute Gasteiger partial charge is 0.313 e. The van der Waals surface area contributed by atoms with E-state index in [2.05, 4.69) is 44.1 Å². The van der Waals surface area contributed by atoms with Crippen LogP contribution in [0.5, 0.6) is 0 Å². The van der Waals surface area contributed by atoms with Crippen molar-refractivity contribution in [2.45, 2.75) is 82.9 Å². The molecule has 1 aliphatic rings. The summed E-state index contributed by atoms with van der Waals surface area (Å²) in [5.74, 6) is 0.860. The van der Waals surface area contributed by atoms with Gasteiger partial charge in [-0.3, -0.25) is 0 Å². The molecule has 0 amide bonds. The van der Waals surface area contributed by atoms with E-state index in [0.29, 0.717) is 4.75 Å². The Morgan fingerprint density at radius 3 is 2.28 bits per heavy atom. The SMILES string of the molecule is CCC(C)CC(CC)NCC1(SC)CCCCC1. The lowest BCUT2D eigenvalue weighted by Gasteiger charge is -2.37. The second-order valence-electron chi connectivity index (χ2n) is 6.18. The Balaban J connectivity index is 2.39. The highest BCUT2D eigenvalue weighted by Crippen LogP contribution is 2.38. The quantitative estimate of drug-likeness (QED) is 0.677. The molecule has 0 aliphatic heterocycles. The maximum atomic E-state index is 3.88. The Kier molecular flexibility index (Phi) is 7.70. The Bertz CT molecular complexity index is 211. The molecule has 18 heavy (non-hydrogen) atoms. The van der Waals surface area contributed by atoms with Crippen LogP contribution in [0.25, 0.3) is 0 Å². The van der Waals surface area contributed by atoms with Crippen molar-refractivity contribution in [1.29, 1.82) is 0 Å². The molecule has 0 heterocycles. The summed E-state index contributed by atoms with van der Waals surface area (Å²) in [7, 11) is 0. The van der Waals surface area contributed by atoms with E-state index in [4.69, 9.17) is 0 Å². The lowest BCUT2D eigenvalue weighted by atomic mass is 9.87. The van der Waals surface area contributed by atoms with Gasteiger partial charge in [-0.05, 0) is 37.9 Å². The van der Waals surface area contributed by atoms with Crippen LogP contribution in [0, 0.1) is 5.92 Å². The van der Waals surface area contributed by atoms with Gasteiger partial charge in [0.15, 0.2) is 0 Å². The third kappa shape index (κ3) is 5.13. The summed E-state index contributed by atoms with van der Waals surface area (Å²) in [5.41, 5.74) is 0. The second kappa shape index (κ2) is 8.47. The molecule has 0 saturated heterocycles. The van der Waals surface area contributed by atoms with Gasteiger partial charge < -0.3 is 5.32 Å². The van der Waals surface area contributed by atoms with Crippen molar-refractivity contribution in [2.24, 2.45) is 5.92 Å². The van der Waals surface area contributed by atoms with E-state index < -0.39 is 0 Å². The van der Waals surface area contributed by atoms with E-state index >= 15 is 0 Å². The fourth-order valence-electron chi connectivity index (χ4n) is 3.03. The van der Waals surface area contributed by atoms with Crippen LogP contribution >= 0.6 is 11.8 Å². The molecule has 2 atom stereocenters. The highest BCUT2D eigenvalue weighted by Gasteiger charge is 2.31. The zero-order valence-electron chi connectivity index (χ0n) is 12.9. The van der Waals surface area contributed by atoms with E-state index in [1.165, 1.54) is 57.9 Å². The molecule has 0 aromatic heterocycles. The van der Waals surface area contributed by atoms with Gasteiger partial charge in [0.1, 0.15) is 0 Å². The molecule has 1 saturated carbocycles. The maximum Gasteiger partial charge on any atom is 0.0281 e. The molecule has 1 fully saturated rings. The highest BCUT2D eigenvalue weighted by molar-refractivity contribution is 8.00. The lowest BCUT2D eigenvalue weighted by molar-refractivity contribution is 0.330. The van der Waals surface area contributed by atoms with Crippen LogP contribution in [0.4, 0.5) is 0 Å². The molecule has 0 spiro atoms. The Morgan fingerprint density at radius 2 is 1.78 bits per heavy atom. The molecule has 1 N–H and O–H groups in total. The van der Waals surface area contributed by atoms with Gasteiger partial charge in [0, 0.05) is 17.3 Å². The summed E-state index contributed by atoms with van der Waals surface area (Å²) in [6, 6.07) is 0.728. The minimum Gasteiger partial charge on any atom is -0.313 e. The summed E-state index contributed by atoms with van der Waals surface area (Å²) >= 11 is 2.11. The predicted molar refractivity (Wildman–Crippen MR) is 85.5 cm³/mol.